The molecule has 1 aliphatic heterocycles. The van der Waals surface area contributed by atoms with E-state index >= 15 is 0 Å². The molecule has 1 saturated heterocycles. The molecule has 0 radical (unpaired) electrons. The first kappa shape index (κ1) is 14.3. The first-order valence-electron chi connectivity index (χ1n) is 7.06. The summed E-state index contributed by atoms with van der Waals surface area (Å²) in [5.74, 6) is -0.0943. The summed E-state index contributed by atoms with van der Waals surface area (Å²) in [6.07, 6.45) is 1.81. The van der Waals surface area contributed by atoms with E-state index in [1.165, 1.54) is 0 Å². The molecule has 0 aromatic carbocycles. The molecule has 22 heavy (non-hydrogen) atoms. The summed E-state index contributed by atoms with van der Waals surface area (Å²) < 4.78 is 1.76. The van der Waals surface area contributed by atoms with Crippen molar-refractivity contribution in [3.05, 3.63) is 35.7 Å². The van der Waals surface area contributed by atoms with Crippen LogP contribution in [0.3, 0.4) is 0 Å². The Morgan fingerprint density at radius 1 is 1.41 bits per heavy atom. The number of primary amides is 1. The fourth-order valence-corrected chi connectivity index (χ4v) is 2.89. The highest BCUT2D eigenvalue weighted by molar-refractivity contribution is 5.93. The van der Waals surface area contributed by atoms with E-state index in [2.05, 4.69) is 15.2 Å². The minimum atomic E-state index is -0.473. The van der Waals surface area contributed by atoms with Gasteiger partial charge in [-0.05, 0) is 19.1 Å². The van der Waals surface area contributed by atoms with Crippen LogP contribution in [0.25, 0.3) is 0 Å². The van der Waals surface area contributed by atoms with Crippen LogP contribution in [0.5, 0.6) is 0 Å². The van der Waals surface area contributed by atoms with E-state index in [0.717, 1.165) is 0 Å². The SMILES string of the molecule is Cc1nc([C@@H]2CN(C(=O)c3cccn3C)C[C@H]2C(N)=O)n[nH]1. The highest BCUT2D eigenvalue weighted by Crippen LogP contribution is 2.31. The van der Waals surface area contributed by atoms with E-state index in [9.17, 15) is 9.59 Å². The number of hydrogen-bond acceptors (Lipinski definition) is 4. The van der Waals surface area contributed by atoms with E-state index in [-0.39, 0.29) is 18.4 Å². The number of likely N-dealkylation sites (tertiary alicyclic amines) is 1. The lowest BCUT2D eigenvalue weighted by Crippen LogP contribution is -2.32. The Morgan fingerprint density at radius 2 is 2.18 bits per heavy atom. The van der Waals surface area contributed by atoms with Crippen molar-refractivity contribution in [2.45, 2.75) is 12.8 Å². The number of H-pyrrole nitrogens is 1. The Balaban J connectivity index is 1.86. The van der Waals surface area contributed by atoms with Crippen LogP contribution in [0.15, 0.2) is 18.3 Å². The van der Waals surface area contributed by atoms with Crippen molar-refractivity contribution in [2.24, 2.45) is 18.7 Å². The predicted molar refractivity (Wildman–Crippen MR) is 77.9 cm³/mol. The molecular formula is C14H18N6O2. The van der Waals surface area contributed by atoms with Gasteiger partial charge in [-0.15, -0.1) is 0 Å². The van der Waals surface area contributed by atoms with Gasteiger partial charge in [-0.1, -0.05) is 0 Å². The number of amides is 2. The molecule has 3 rings (SSSR count). The van der Waals surface area contributed by atoms with Gasteiger partial charge in [-0.25, -0.2) is 4.98 Å². The number of hydrogen-bond donors (Lipinski definition) is 2. The molecule has 0 spiro atoms. The van der Waals surface area contributed by atoms with Crippen molar-refractivity contribution in [1.82, 2.24) is 24.6 Å². The Labute approximate surface area is 127 Å². The summed E-state index contributed by atoms with van der Waals surface area (Å²) in [5.41, 5.74) is 6.07. The van der Waals surface area contributed by atoms with Gasteiger partial charge in [0.25, 0.3) is 5.91 Å². The molecule has 0 aliphatic carbocycles. The first-order chi connectivity index (χ1) is 10.5. The molecule has 0 saturated carbocycles. The number of nitrogens with two attached hydrogens (primary N) is 1. The van der Waals surface area contributed by atoms with Crippen LogP contribution in [-0.4, -0.2) is 49.6 Å². The molecule has 0 unspecified atom stereocenters. The van der Waals surface area contributed by atoms with Crippen molar-refractivity contribution in [1.29, 1.82) is 0 Å². The number of aryl methyl sites for hydroxylation is 2. The zero-order valence-electron chi connectivity index (χ0n) is 12.5. The fourth-order valence-electron chi connectivity index (χ4n) is 2.89. The molecule has 116 valence electrons. The van der Waals surface area contributed by atoms with Gasteiger partial charge in [-0.2, -0.15) is 5.10 Å². The van der Waals surface area contributed by atoms with Gasteiger partial charge in [0.15, 0.2) is 5.82 Å². The number of nitrogens with zero attached hydrogens (tertiary/aromatic N) is 4. The molecule has 2 amide bonds. The number of aromatic amines is 1. The summed E-state index contributed by atoms with van der Waals surface area (Å²) in [6.45, 7) is 2.46. The average Bonchev–Trinajstić information content (AvgIpc) is 3.16. The van der Waals surface area contributed by atoms with E-state index in [1.54, 1.807) is 22.5 Å². The molecular weight excluding hydrogens is 284 g/mol. The minimum absolute atomic E-state index is 0.117. The second-order valence-corrected chi connectivity index (χ2v) is 5.61. The standard InChI is InChI=1S/C14H18N6O2/c1-8-16-13(18-17-8)10-7-20(6-9(10)12(15)21)14(22)11-4-3-5-19(11)2/h3-5,9-10H,6-7H2,1-2H3,(H2,15,21)(H,16,17,18)/t9-,10-/m1/s1. The van der Waals surface area contributed by atoms with Gasteiger partial charge in [0, 0.05) is 26.3 Å². The van der Waals surface area contributed by atoms with Gasteiger partial charge in [-0.3, -0.25) is 14.7 Å². The number of rotatable bonds is 3. The number of carbonyl (C=O) groups is 2. The molecule has 3 heterocycles. The van der Waals surface area contributed by atoms with E-state index in [4.69, 9.17) is 5.73 Å². The monoisotopic (exact) mass is 302 g/mol. The van der Waals surface area contributed by atoms with Crippen molar-refractivity contribution >= 4 is 11.8 Å². The Bertz CT molecular complexity index is 718. The zero-order chi connectivity index (χ0) is 15.9. The molecule has 0 bridgehead atoms. The zero-order valence-corrected chi connectivity index (χ0v) is 12.5. The lowest BCUT2D eigenvalue weighted by molar-refractivity contribution is -0.121. The Hall–Kier alpha value is -2.64. The van der Waals surface area contributed by atoms with Crippen LogP contribution in [0.2, 0.25) is 0 Å². The molecule has 8 heteroatoms. The maximum Gasteiger partial charge on any atom is 0.270 e. The summed E-state index contributed by atoms with van der Waals surface area (Å²) in [6, 6.07) is 3.57. The van der Waals surface area contributed by atoms with Crippen LogP contribution in [0.1, 0.15) is 28.1 Å². The Morgan fingerprint density at radius 3 is 2.73 bits per heavy atom. The first-order valence-corrected chi connectivity index (χ1v) is 7.06. The van der Waals surface area contributed by atoms with Gasteiger partial charge < -0.3 is 15.2 Å². The largest absolute Gasteiger partial charge is 0.369 e. The molecule has 2 atom stereocenters. The molecule has 2 aromatic rings. The number of aromatic nitrogens is 4. The molecule has 2 aromatic heterocycles. The third-order valence-corrected chi connectivity index (χ3v) is 4.08. The third-order valence-electron chi connectivity index (χ3n) is 4.08. The minimum Gasteiger partial charge on any atom is -0.369 e. The fraction of sp³-hybridized carbons (Fsp3) is 0.429. The normalized spacial score (nSPS) is 21.3. The summed E-state index contributed by atoms with van der Waals surface area (Å²) in [4.78, 5) is 30.2. The van der Waals surface area contributed by atoms with E-state index in [0.29, 0.717) is 23.9 Å². The number of nitrogens with one attached hydrogen (secondary N) is 1. The van der Waals surface area contributed by atoms with Crippen LogP contribution >= 0.6 is 0 Å². The van der Waals surface area contributed by atoms with Crippen molar-refractivity contribution in [3.63, 3.8) is 0 Å². The molecule has 3 N–H and O–H groups in total. The maximum atomic E-state index is 12.6. The van der Waals surface area contributed by atoms with Crippen LogP contribution < -0.4 is 5.73 Å². The van der Waals surface area contributed by atoms with E-state index in [1.807, 2.05) is 19.3 Å². The summed E-state index contributed by atoms with van der Waals surface area (Å²) in [5, 5.41) is 6.88. The highest BCUT2D eigenvalue weighted by atomic mass is 16.2. The van der Waals surface area contributed by atoms with Crippen LogP contribution in [0, 0.1) is 12.8 Å². The third kappa shape index (κ3) is 2.36. The molecule has 1 fully saturated rings. The molecule has 1 aliphatic rings. The summed E-state index contributed by atoms with van der Waals surface area (Å²) in [7, 11) is 1.81. The van der Waals surface area contributed by atoms with E-state index < -0.39 is 11.8 Å². The van der Waals surface area contributed by atoms with Gasteiger partial charge in [0.2, 0.25) is 5.91 Å². The summed E-state index contributed by atoms with van der Waals surface area (Å²) >= 11 is 0. The topological polar surface area (TPSA) is 110 Å². The molecule has 8 nitrogen and oxygen atoms in total. The van der Waals surface area contributed by atoms with Gasteiger partial charge in [0.05, 0.1) is 11.8 Å². The average molecular weight is 302 g/mol. The smallest absolute Gasteiger partial charge is 0.270 e. The van der Waals surface area contributed by atoms with Crippen LogP contribution in [-0.2, 0) is 11.8 Å². The van der Waals surface area contributed by atoms with Crippen LogP contribution in [0.4, 0.5) is 0 Å². The van der Waals surface area contributed by atoms with Crippen molar-refractivity contribution in [2.75, 3.05) is 13.1 Å². The second kappa shape index (κ2) is 5.28. The van der Waals surface area contributed by atoms with Gasteiger partial charge in [0.1, 0.15) is 11.5 Å². The highest BCUT2D eigenvalue weighted by Gasteiger charge is 2.41. The second-order valence-electron chi connectivity index (χ2n) is 5.61. The maximum absolute atomic E-state index is 12.6. The predicted octanol–water partition coefficient (Wildman–Crippen LogP) is -0.207. The quantitative estimate of drug-likeness (QED) is 0.817. The van der Waals surface area contributed by atoms with Gasteiger partial charge >= 0.3 is 0 Å². The Kier molecular flexibility index (Phi) is 3.44. The number of carbonyl (C=O) groups excluding carboxylic acids is 2. The van der Waals surface area contributed by atoms with Crippen molar-refractivity contribution in [3.8, 4) is 0 Å². The lowest BCUT2D eigenvalue weighted by Gasteiger charge is -2.16. The lowest BCUT2D eigenvalue weighted by atomic mass is 9.95. The van der Waals surface area contributed by atoms with Crippen molar-refractivity contribution < 1.29 is 9.59 Å².